The Balaban J connectivity index is 1.88. The van der Waals surface area contributed by atoms with Crippen LogP contribution in [0.2, 0.25) is 5.02 Å². The largest absolute Gasteiger partial charge is 0.495 e. The van der Waals surface area contributed by atoms with Crippen LogP contribution < -0.4 is 4.74 Å². The number of aromatic nitrogens is 1. The fraction of sp³-hybridized carbons (Fsp3) is 0.280. The van der Waals surface area contributed by atoms with E-state index in [4.69, 9.17) is 21.3 Å². The van der Waals surface area contributed by atoms with Crippen molar-refractivity contribution in [1.29, 1.82) is 0 Å². The molecule has 0 unspecified atom stereocenters. The molecular formula is C25H26ClN3O2. The van der Waals surface area contributed by atoms with Crippen LogP contribution in [0.3, 0.4) is 0 Å². The highest BCUT2D eigenvalue weighted by molar-refractivity contribution is 6.30. The van der Waals surface area contributed by atoms with Crippen molar-refractivity contribution in [3.05, 3.63) is 88.7 Å². The topological polar surface area (TPSA) is 58.0 Å². The van der Waals surface area contributed by atoms with Crippen molar-refractivity contribution in [3.63, 3.8) is 0 Å². The summed E-state index contributed by atoms with van der Waals surface area (Å²) in [7, 11) is 1.62. The molecule has 1 atom stereocenters. The van der Waals surface area contributed by atoms with Crippen LogP contribution in [0, 0.1) is 0 Å². The number of methoxy groups -OCH3 is 1. The lowest BCUT2D eigenvalue weighted by molar-refractivity contribution is 0.0624. The highest BCUT2D eigenvalue weighted by atomic mass is 35.5. The van der Waals surface area contributed by atoms with E-state index >= 15 is 0 Å². The molecule has 1 aromatic heterocycles. The predicted molar refractivity (Wildman–Crippen MR) is 124 cm³/mol. The van der Waals surface area contributed by atoms with E-state index in [-0.39, 0.29) is 6.04 Å². The molecule has 3 aromatic rings. The molecule has 5 nitrogen and oxygen atoms in total. The Bertz CT molecular complexity index is 1080. The minimum absolute atomic E-state index is 0.103. The minimum atomic E-state index is -0.811. The lowest BCUT2D eigenvalue weighted by Crippen LogP contribution is -2.41. The molecule has 1 aliphatic heterocycles. The maximum Gasteiger partial charge on any atom is 0.156 e. The standard InChI is InChI=1S/C25H26ClN3O2/c1-25(2,30)13-14-29-23(17-7-5-4-6-8-17)20-15-18(26)9-11-21(20)28-24(29)22-12-10-19(31-3)16-27-22/h4-12,15-16,23,30H,13-14H2,1-3H3/t23-/m1/s1. The van der Waals surface area contributed by atoms with E-state index in [1.165, 1.54) is 0 Å². The van der Waals surface area contributed by atoms with Gasteiger partial charge in [-0.2, -0.15) is 0 Å². The van der Waals surface area contributed by atoms with E-state index in [0.29, 0.717) is 23.7 Å². The van der Waals surface area contributed by atoms with Crippen molar-refractivity contribution in [2.75, 3.05) is 13.7 Å². The molecule has 0 saturated carbocycles. The summed E-state index contributed by atoms with van der Waals surface area (Å²) in [6.07, 6.45) is 2.27. The summed E-state index contributed by atoms with van der Waals surface area (Å²) in [6, 6.07) is 19.8. The lowest BCUT2D eigenvalue weighted by atomic mass is 9.92. The highest BCUT2D eigenvalue weighted by Crippen LogP contribution is 2.41. The van der Waals surface area contributed by atoms with Gasteiger partial charge in [-0.05, 0) is 56.2 Å². The first kappa shape index (κ1) is 21.3. The molecule has 31 heavy (non-hydrogen) atoms. The maximum absolute atomic E-state index is 10.4. The summed E-state index contributed by atoms with van der Waals surface area (Å²) in [5, 5.41) is 11.1. The predicted octanol–water partition coefficient (Wildman–Crippen LogP) is 5.39. The van der Waals surface area contributed by atoms with Gasteiger partial charge in [0.1, 0.15) is 11.4 Å². The van der Waals surface area contributed by atoms with E-state index in [0.717, 1.165) is 28.3 Å². The van der Waals surface area contributed by atoms with E-state index in [1.807, 2.05) is 62.4 Å². The Morgan fingerprint density at radius 2 is 1.87 bits per heavy atom. The van der Waals surface area contributed by atoms with Gasteiger partial charge in [-0.1, -0.05) is 41.9 Å². The normalized spacial score (nSPS) is 16.0. The summed E-state index contributed by atoms with van der Waals surface area (Å²) >= 11 is 6.38. The number of rotatable bonds is 6. The van der Waals surface area contributed by atoms with Crippen molar-refractivity contribution in [3.8, 4) is 5.75 Å². The number of hydrogen-bond acceptors (Lipinski definition) is 5. The first-order valence-corrected chi connectivity index (χ1v) is 10.7. The zero-order chi connectivity index (χ0) is 22.0. The third-order valence-electron chi connectivity index (χ3n) is 5.38. The minimum Gasteiger partial charge on any atom is -0.495 e. The molecule has 0 aliphatic carbocycles. The van der Waals surface area contributed by atoms with Crippen LogP contribution in [-0.4, -0.2) is 40.1 Å². The van der Waals surface area contributed by atoms with Crippen LogP contribution in [0.1, 0.15) is 43.1 Å². The maximum atomic E-state index is 10.4. The molecule has 1 N–H and O–H groups in total. The monoisotopic (exact) mass is 435 g/mol. The quantitative estimate of drug-likeness (QED) is 0.564. The molecule has 0 radical (unpaired) electrons. The number of halogens is 1. The SMILES string of the molecule is COc1ccc(C2=Nc3ccc(Cl)cc3[C@@H](c3ccccc3)N2CCC(C)(C)O)nc1. The van der Waals surface area contributed by atoms with Crippen LogP contribution in [0.25, 0.3) is 0 Å². The van der Waals surface area contributed by atoms with E-state index in [9.17, 15) is 5.11 Å². The Hall–Kier alpha value is -2.89. The molecule has 2 aromatic carbocycles. The molecule has 0 fully saturated rings. The number of amidine groups is 1. The number of ether oxygens (including phenoxy) is 1. The number of hydrogen-bond donors (Lipinski definition) is 1. The van der Waals surface area contributed by atoms with Gasteiger partial charge in [0.05, 0.1) is 30.6 Å². The third kappa shape index (κ3) is 4.73. The van der Waals surface area contributed by atoms with Crippen molar-refractivity contribution in [2.45, 2.75) is 31.9 Å². The summed E-state index contributed by atoms with van der Waals surface area (Å²) in [6.45, 7) is 4.24. The van der Waals surface area contributed by atoms with Gasteiger partial charge < -0.3 is 14.7 Å². The number of aliphatic imine (C=N–C) groups is 1. The van der Waals surface area contributed by atoms with E-state index in [1.54, 1.807) is 13.3 Å². The van der Waals surface area contributed by atoms with Crippen LogP contribution >= 0.6 is 11.6 Å². The molecule has 160 valence electrons. The average Bonchev–Trinajstić information content (AvgIpc) is 2.77. The fourth-order valence-electron chi connectivity index (χ4n) is 3.78. The Labute approximate surface area is 188 Å². The second kappa shape index (κ2) is 8.69. The van der Waals surface area contributed by atoms with Gasteiger partial charge in [0.15, 0.2) is 5.84 Å². The summed E-state index contributed by atoms with van der Waals surface area (Å²) < 4.78 is 5.27. The summed E-state index contributed by atoms with van der Waals surface area (Å²) in [5.41, 5.74) is 2.96. The van der Waals surface area contributed by atoms with Crippen molar-refractivity contribution in [1.82, 2.24) is 9.88 Å². The van der Waals surface area contributed by atoms with Crippen LogP contribution in [0.5, 0.6) is 5.75 Å². The molecule has 0 amide bonds. The second-order valence-corrected chi connectivity index (χ2v) is 8.73. The fourth-order valence-corrected chi connectivity index (χ4v) is 3.96. The van der Waals surface area contributed by atoms with Gasteiger partial charge in [-0.25, -0.2) is 9.98 Å². The smallest absolute Gasteiger partial charge is 0.156 e. The molecule has 0 saturated heterocycles. The van der Waals surface area contributed by atoms with Gasteiger partial charge >= 0.3 is 0 Å². The van der Waals surface area contributed by atoms with Gasteiger partial charge in [0.2, 0.25) is 0 Å². The molecule has 0 spiro atoms. The molecule has 1 aliphatic rings. The number of aliphatic hydroxyl groups is 1. The van der Waals surface area contributed by atoms with Crippen LogP contribution in [0.4, 0.5) is 5.69 Å². The van der Waals surface area contributed by atoms with Gasteiger partial charge in [0, 0.05) is 17.1 Å². The number of fused-ring (bicyclic) bond motifs is 1. The Morgan fingerprint density at radius 1 is 1.10 bits per heavy atom. The molecule has 4 rings (SSSR count). The first-order valence-electron chi connectivity index (χ1n) is 10.3. The molecule has 0 bridgehead atoms. The average molecular weight is 436 g/mol. The number of pyridine rings is 1. The zero-order valence-corrected chi connectivity index (χ0v) is 18.7. The van der Waals surface area contributed by atoms with Crippen molar-refractivity contribution in [2.24, 2.45) is 4.99 Å². The van der Waals surface area contributed by atoms with E-state index < -0.39 is 5.60 Å². The summed E-state index contributed by atoms with van der Waals surface area (Å²) in [4.78, 5) is 11.8. The Kier molecular flexibility index (Phi) is 5.99. The van der Waals surface area contributed by atoms with Crippen LogP contribution in [-0.2, 0) is 0 Å². The number of nitrogens with zero attached hydrogens (tertiary/aromatic N) is 3. The first-order chi connectivity index (χ1) is 14.9. The second-order valence-electron chi connectivity index (χ2n) is 8.29. The van der Waals surface area contributed by atoms with Gasteiger partial charge in [-0.3, -0.25) is 0 Å². The van der Waals surface area contributed by atoms with E-state index in [2.05, 4.69) is 22.0 Å². The summed E-state index contributed by atoms with van der Waals surface area (Å²) in [5.74, 6) is 1.45. The molecule has 6 heteroatoms. The molecule has 2 heterocycles. The van der Waals surface area contributed by atoms with Gasteiger partial charge in [-0.15, -0.1) is 0 Å². The lowest BCUT2D eigenvalue weighted by Gasteiger charge is -2.39. The van der Waals surface area contributed by atoms with Crippen molar-refractivity contribution < 1.29 is 9.84 Å². The third-order valence-corrected chi connectivity index (χ3v) is 5.61. The highest BCUT2D eigenvalue weighted by Gasteiger charge is 2.33. The molecular weight excluding hydrogens is 410 g/mol. The zero-order valence-electron chi connectivity index (χ0n) is 17.9. The van der Waals surface area contributed by atoms with Crippen LogP contribution in [0.15, 0.2) is 71.9 Å². The van der Waals surface area contributed by atoms with Gasteiger partial charge in [0.25, 0.3) is 0 Å². The Morgan fingerprint density at radius 3 is 2.52 bits per heavy atom. The van der Waals surface area contributed by atoms with Crippen molar-refractivity contribution >= 4 is 23.1 Å². The number of benzene rings is 2.